The first-order chi connectivity index (χ1) is 16.3. The van der Waals surface area contributed by atoms with Crippen molar-refractivity contribution in [2.45, 2.75) is 31.4 Å². The zero-order valence-corrected chi connectivity index (χ0v) is 18.6. The van der Waals surface area contributed by atoms with Crippen LogP contribution in [0.25, 0.3) is 11.5 Å². The van der Waals surface area contributed by atoms with Gasteiger partial charge < -0.3 is 19.4 Å². The molecular weight excluding hydrogens is 449 g/mol. The van der Waals surface area contributed by atoms with Crippen LogP contribution in [0.1, 0.15) is 35.8 Å². The molecule has 7 nitrogen and oxygen atoms in total. The highest BCUT2D eigenvalue weighted by molar-refractivity contribution is 5.74. The van der Waals surface area contributed by atoms with Crippen molar-refractivity contribution in [1.82, 2.24) is 20.4 Å². The lowest BCUT2D eigenvalue weighted by Crippen LogP contribution is -2.45. The molecule has 2 aromatic carbocycles. The summed E-state index contributed by atoms with van der Waals surface area (Å²) in [6.07, 6.45) is -2.13. The number of piperidine rings is 1. The number of ether oxygens (including phenoxy) is 1. The fraction of sp³-hybridized carbons (Fsp3) is 0.375. The van der Waals surface area contributed by atoms with Gasteiger partial charge in [-0.2, -0.15) is 13.2 Å². The SMILES string of the molecule is COc1ccc(CCNC(=O)N2CCCC(c3nnc(-c4ccc(C(F)(F)F)cc4)o3)C2)cc1. The van der Waals surface area contributed by atoms with Crippen LogP contribution in [-0.4, -0.2) is 47.9 Å². The molecule has 1 N–H and O–H groups in total. The molecule has 1 fully saturated rings. The number of nitrogens with zero attached hydrogens (tertiary/aromatic N) is 3. The van der Waals surface area contributed by atoms with Crippen LogP contribution in [0.2, 0.25) is 0 Å². The number of urea groups is 1. The van der Waals surface area contributed by atoms with Gasteiger partial charge in [0.15, 0.2) is 0 Å². The average Bonchev–Trinajstić information content (AvgIpc) is 3.34. The smallest absolute Gasteiger partial charge is 0.416 e. The topological polar surface area (TPSA) is 80.5 Å². The minimum atomic E-state index is -4.40. The minimum absolute atomic E-state index is 0.128. The number of nitrogens with one attached hydrogen (secondary N) is 1. The van der Waals surface area contributed by atoms with Crippen LogP contribution in [0.3, 0.4) is 0 Å². The number of alkyl halides is 3. The first kappa shape index (κ1) is 23.6. The van der Waals surface area contributed by atoms with Gasteiger partial charge in [0, 0.05) is 25.2 Å². The molecule has 0 aliphatic carbocycles. The molecule has 1 unspecified atom stereocenters. The molecule has 1 aliphatic rings. The van der Waals surface area contributed by atoms with E-state index in [-0.39, 0.29) is 17.8 Å². The molecule has 0 radical (unpaired) electrons. The van der Waals surface area contributed by atoms with E-state index in [1.54, 1.807) is 12.0 Å². The van der Waals surface area contributed by atoms with E-state index in [0.717, 1.165) is 36.3 Å². The van der Waals surface area contributed by atoms with Gasteiger partial charge in [0.25, 0.3) is 0 Å². The maximum atomic E-state index is 12.8. The lowest BCUT2D eigenvalue weighted by Gasteiger charge is -2.31. The van der Waals surface area contributed by atoms with Crippen molar-refractivity contribution < 1.29 is 27.1 Å². The summed E-state index contributed by atoms with van der Waals surface area (Å²) >= 11 is 0. The normalized spacial score (nSPS) is 16.4. The maximum Gasteiger partial charge on any atom is 0.416 e. The number of carbonyl (C=O) groups is 1. The van der Waals surface area contributed by atoms with Crippen LogP contribution in [-0.2, 0) is 12.6 Å². The Morgan fingerprint density at radius 3 is 2.56 bits per heavy atom. The third-order valence-electron chi connectivity index (χ3n) is 5.81. The molecule has 180 valence electrons. The zero-order valence-electron chi connectivity index (χ0n) is 18.6. The molecule has 10 heteroatoms. The first-order valence-corrected chi connectivity index (χ1v) is 11.0. The van der Waals surface area contributed by atoms with Gasteiger partial charge in [-0.25, -0.2) is 4.79 Å². The third kappa shape index (κ3) is 5.67. The number of aromatic nitrogens is 2. The van der Waals surface area contributed by atoms with Gasteiger partial charge in [-0.05, 0) is 61.2 Å². The van der Waals surface area contributed by atoms with Crippen LogP contribution in [0.15, 0.2) is 52.9 Å². The van der Waals surface area contributed by atoms with Gasteiger partial charge >= 0.3 is 12.2 Å². The molecule has 4 rings (SSSR count). The van der Waals surface area contributed by atoms with Crippen LogP contribution in [0.5, 0.6) is 5.75 Å². The van der Waals surface area contributed by atoms with Crippen molar-refractivity contribution >= 4 is 6.03 Å². The Labute approximate surface area is 194 Å². The number of benzene rings is 2. The second-order valence-corrected chi connectivity index (χ2v) is 8.14. The summed E-state index contributed by atoms with van der Waals surface area (Å²) in [6.45, 7) is 1.57. The fourth-order valence-electron chi connectivity index (χ4n) is 3.90. The van der Waals surface area contributed by atoms with E-state index in [1.807, 2.05) is 24.3 Å². The highest BCUT2D eigenvalue weighted by Crippen LogP contribution is 2.32. The Bertz CT molecular complexity index is 1100. The standard InChI is InChI=1S/C24H25F3N4O3/c1-33-20-10-4-16(5-11-20)12-13-28-23(32)31-14-2-3-18(15-31)22-30-29-21(34-22)17-6-8-19(9-7-17)24(25,26)27/h4-11,18H,2-3,12-15H2,1H3,(H,28,32). The summed E-state index contributed by atoms with van der Waals surface area (Å²) in [7, 11) is 1.62. The Hall–Kier alpha value is -3.56. The summed E-state index contributed by atoms with van der Waals surface area (Å²) in [5.41, 5.74) is 0.770. The minimum Gasteiger partial charge on any atom is -0.497 e. The van der Waals surface area contributed by atoms with Gasteiger partial charge in [-0.15, -0.1) is 10.2 Å². The largest absolute Gasteiger partial charge is 0.497 e. The van der Waals surface area contributed by atoms with E-state index in [0.29, 0.717) is 37.5 Å². The Morgan fingerprint density at radius 2 is 1.88 bits per heavy atom. The Balaban J connectivity index is 1.31. The molecule has 0 saturated carbocycles. The van der Waals surface area contributed by atoms with Crippen molar-refractivity contribution in [3.05, 3.63) is 65.5 Å². The molecule has 1 saturated heterocycles. The van der Waals surface area contributed by atoms with Crippen molar-refractivity contribution in [1.29, 1.82) is 0 Å². The summed E-state index contributed by atoms with van der Waals surface area (Å²) in [5.74, 6) is 1.20. The predicted molar refractivity (Wildman–Crippen MR) is 118 cm³/mol. The number of methoxy groups -OCH3 is 1. The monoisotopic (exact) mass is 474 g/mol. The van der Waals surface area contributed by atoms with E-state index in [4.69, 9.17) is 9.15 Å². The van der Waals surface area contributed by atoms with Crippen LogP contribution in [0, 0.1) is 0 Å². The van der Waals surface area contributed by atoms with E-state index in [1.165, 1.54) is 12.1 Å². The number of rotatable bonds is 6. The number of amides is 2. The predicted octanol–water partition coefficient (Wildman–Crippen LogP) is 4.90. The van der Waals surface area contributed by atoms with Crippen LogP contribution < -0.4 is 10.1 Å². The summed E-state index contributed by atoms with van der Waals surface area (Å²) in [5, 5.41) is 11.0. The molecule has 2 heterocycles. The van der Waals surface area contributed by atoms with Crippen molar-refractivity contribution in [3.63, 3.8) is 0 Å². The van der Waals surface area contributed by atoms with E-state index in [9.17, 15) is 18.0 Å². The number of hydrogen-bond acceptors (Lipinski definition) is 5. The lowest BCUT2D eigenvalue weighted by atomic mass is 9.98. The molecule has 1 atom stereocenters. The quantitative estimate of drug-likeness (QED) is 0.550. The van der Waals surface area contributed by atoms with Crippen molar-refractivity contribution in [2.24, 2.45) is 0 Å². The van der Waals surface area contributed by atoms with Crippen molar-refractivity contribution in [2.75, 3.05) is 26.7 Å². The Morgan fingerprint density at radius 1 is 1.15 bits per heavy atom. The number of carbonyl (C=O) groups excluding carboxylic acids is 1. The number of hydrogen-bond donors (Lipinski definition) is 1. The molecule has 1 aliphatic heterocycles. The maximum absolute atomic E-state index is 12.8. The molecule has 2 amide bonds. The van der Waals surface area contributed by atoms with Gasteiger partial charge in [0.05, 0.1) is 18.6 Å². The molecular formula is C24H25F3N4O3. The van der Waals surface area contributed by atoms with Gasteiger partial charge in [-0.1, -0.05) is 12.1 Å². The highest BCUT2D eigenvalue weighted by Gasteiger charge is 2.31. The molecule has 0 bridgehead atoms. The molecule has 34 heavy (non-hydrogen) atoms. The highest BCUT2D eigenvalue weighted by atomic mass is 19.4. The van der Waals surface area contributed by atoms with E-state index in [2.05, 4.69) is 15.5 Å². The van der Waals surface area contributed by atoms with Crippen LogP contribution in [0.4, 0.5) is 18.0 Å². The molecule has 0 spiro atoms. The van der Waals surface area contributed by atoms with E-state index < -0.39 is 11.7 Å². The fourth-order valence-corrected chi connectivity index (χ4v) is 3.90. The molecule has 1 aromatic heterocycles. The summed E-state index contributed by atoms with van der Waals surface area (Å²) in [4.78, 5) is 14.4. The zero-order chi connectivity index (χ0) is 24.1. The second-order valence-electron chi connectivity index (χ2n) is 8.14. The van der Waals surface area contributed by atoms with Gasteiger partial charge in [0.2, 0.25) is 11.8 Å². The van der Waals surface area contributed by atoms with Crippen LogP contribution >= 0.6 is 0 Å². The average molecular weight is 474 g/mol. The van der Waals surface area contributed by atoms with Gasteiger partial charge in [-0.3, -0.25) is 0 Å². The van der Waals surface area contributed by atoms with Gasteiger partial charge in [0.1, 0.15) is 5.75 Å². The summed E-state index contributed by atoms with van der Waals surface area (Å²) in [6, 6.07) is 12.1. The lowest BCUT2D eigenvalue weighted by molar-refractivity contribution is -0.137. The van der Waals surface area contributed by atoms with Crippen molar-refractivity contribution in [3.8, 4) is 17.2 Å². The third-order valence-corrected chi connectivity index (χ3v) is 5.81. The second kappa shape index (κ2) is 10.1. The number of halogens is 3. The van der Waals surface area contributed by atoms with E-state index >= 15 is 0 Å². The molecule has 3 aromatic rings. The summed E-state index contributed by atoms with van der Waals surface area (Å²) < 4.78 is 49.2. The number of likely N-dealkylation sites (tertiary alicyclic amines) is 1. The first-order valence-electron chi connectivity index (χ1n) is 11.0. The Kier molecular flexibility index (Phi) is 7.04.